The largest absolute Gasteiger partial charge is 0.456 e. The van der Waals surface area contributed by atoms with Crippen molar-refractivity contribution in [1.29, 1.82) is 0 Å². The van der Waals surface area contributed by atoms with Crippen molar-refractivity contribution in [1.82, 2.24) is 10.2 Å². The average Bonchev–Trinajstić information content (AvgIpc) is 2.15. The van der Waals surface area contributed by atoms with Crippen molar-refractivity contribution in [2.24, 2.45) is 0 Å². The van der Waals surface area contributed by atoms with E-state index < -0.39 is 5.97 Å². The molecule has 1 heterocycles. The van der Waals surface area contributed by atoms with Gasteiger partial charge < -0.3 is 15.0 Å². The van der Waals surface area contributed by atoms with Crippen molar-refractivity contribution in [2.75, 3.05) is 26.7 Å². The molecular weight excluding hydrogens is 196 g/mol. The minimum Gasteiger partial charge on any atom is -0.456 e. The number of ether oxygens (including phenoxy) is 1. The van der Waals surface area contributed by atoms with Gasteiger partial charge in [-0.05, 0) is 26.4 Å². The molecule has 1 amide bonds. The molecule has 0 radical (unpaired) electrons. The second-order valence-electron chi connectivity index (χ2n) is 3.95. The lowest BCUT2D eigenvalue weighted by Crippen LogP contribution is -2.47. The van der Waals surface area contributed by atoms with Gasteiger partial charge in [-0.15, -0.1) is 0 Å². The van der Waals surface area contributed by atoms with Gasteiger partial charge in [0.15, 0.2) is 6.61 Å². The molecule has 5 heteroatoms. The molecule has 5 nitrogen and oxygen atoms in total. The molecule has 1 rings (SSSR count). The highest BCUT2D eigenvalue weighted by Gasteiger charge is 2.18. The summed E-state index contributed by atoms with van der Waals surface area (Å²) in [7, 11) is 2.03. The van der Waals surface area contributed by atoms with Crippen LogP contribution in [0.3, 0.4) is 0 Å². The maximum atomic E-state index is 11.3. The summed E-state index contributed by atoms with van der Waals surface area (Å²) < 4.78 is 4.61. The van der Waals surface area contributed by atoms with Gasteiger partial charge in [0, 0.05) is 19.5 Å². The van der Waals surface area contributed by atoms with Crippen LogP contribution in [0, 0.1) is 0 Å². The lowest BCUT2D eigenvalue weighted by Gasteiger charge is -2.30. The van der Waals surface area contributed by atoms with Gasteiger partial charge >= 0.3 is 5.97 Å². The minimum atomic E-state index is -0.425. The molecule has 1 atom stereocenters. The monoisotopic (exact) mass is 214 g/mol. The predicted octanol–water partition coefficient (Wildman–Crippen LogP) is -0.240. The molecule has 1 aliphatic rings. The van der Waals surface area contributed by atoms with Gasteiger partial charge in [0.2, 0.25) is 0 Å². The zero-order chi connectivity index (χ0) is 11.3. The van der Waals surface area contributed by atoms with Gasteiger partial charge in [-0.25, -0.2) is 0 Å². The van der Waals surface area contributed by atoms with Gasteiger partial charge in [0.1, 0.15) is 0 Å². The Bertz CT molecular complexity index is 243. The number of rotatable bonds is 3. The predicted molar refractivity (Wildman–Crippen MR) is 55.3 cm³/mol. The Labute approximate surface area is 89.8 Å². The van der Waals surface area contributed by atoms with E-state index in [1.807, 2.05) is 7.05 Å². The Balaban J connectivity index is 2.22. The second-order valence-corrected chi connectivity index (χ2v) is 3.95. The number of likely N-dealkylation sites (N-methyl/N-ethyl adjacent to an activating group) is 1. The number of nitrogens with one attached hydrogen (secondary N) is 1. The molecular formula is C10H18N2O3. The van der Waals surface area contributed by atoms with Crippen LogP contribution in [0.25, 0.3) is 0 Å². The summed E-state index contributed by atoms with van der Waals surface area (Å²) in [6.45, 7) is 3.07. The highest BCUT2D eigenvalue weighted by atomic mass is 16.5. The Morgan fingerprint density at radius 3 is 2.87 bits per heavy atom. The first-order chi connectivity index (χ1) is 7.08. The van der Waals surface area contributed by atoms with Crippen LogP contribution in [0.15, 0.2) is 0 Å². The number of hydrogen-bond donors (Lipinski definition) is 1. The first-order valence-corrected chi connectivity index (χ1v) is 5.19. The fraction of sp³-hybridized carbons (Fsp3) is 0.800. The molecule has 1 unspecified atom stereocenters. The summed E-state index contributed by atoms with van der Waals surface area (Å²) in [5.41, 5.74) is 0. The molecule has 0 aromatic rings. The standard InChI is InChI=1S/C10H18N2O3/c1-8(13)15-7-10(14)11-9-4-3-5-12(2)6-9/h9H,3-7H2,1-2H3,(H,11,14). The fourth-order valence-electron chi connectivity index (χ4n) is 1.72. The van der Waals surface area contributed by atoms with E-state index in [4.69, 9.17) is 0 Å². The summed E-state index contributed by atoms with van der Waals surface area (Å²) in [4.78, 5) is 24.0. The zero-order valence-electron chi connectivity index (χ0n) is 9.28. The van der Waals surface area contributed by atoms with Crippen molar-refractivity contribution in [2.45, 2.75) is 25.8 Å². The smallest absolute Gasteiger partial charge is 0.303 e. The van der Waals surface area contributed by atoms with Gasteiger partial charge in [-0.1, -0.05) is 0 Å². The maximum Gasteiger partial charge on any atom is 0.303 e. The van der Waals surface area contributed by atoms with Crippen molar-refractivity contribution in [3.8, 4) is 0 Å². The van der Waals surface area contributed by atoms with Crippen molar-refractivity contribution in [3.05, 3.63) is 0 Å². The third kappa shape index (κ3) is 4.78. The fourth-order valence-corrected chi connectivity index (χ4v) is 1.72. The lowest BCUT2D eigenvalue weighted by molar-refractivity contribution is -0.146. The van der Waals surface area contributed by atoms with Crippen molar-refractivity contribution < 1.29 is 14.3 Å². The van der Waals surface area contributed by atoms with E-state index in [1.54, 1.807) is 0 Å². The van der Waals surface area contributed by atoms with E-state index in [2.05, 4.69) is 15.0 Å². The van der Waals surface area contributed by atoms with Crippen LogP contribution in [-0.2, 0) is 14.3 Å². The summed E-state index contributed by atoms with van der Waals surface area (Å²) >= 11 is 0. The first kappa shape index (κ1) is 12.0. The Morgan fingerprint density at radius 2 is 2.27 bits per heavy atom. The maximum absolute atomic E-state index is 11.3. The van der Waals surface area contributed by atoms with Gasteiger partial charge in [0.05, 0.1) is 0 Å². The zero-order valence-corrected chi connectivity index (χ0v) is 9.28. The molecule has 86 valence electrons. The molecule has 0 saturated carbocycles. The van der Waals surface area contributed by atoms with Crippen LogP contribution in [0.4, 0.5) is 0 Å². The highest BCUT2D eigenvalue weighted by molar-refractivity contribution is 5.80. The molecule has 0 aromatic carbocycles. The van der Waals surface area contributed by atoms with Gasteiger partial charge in [-0.2, -0.15) is 0 Å². The third-order valence-electron chi connectivity index (χ3n) is 2.40. The number of hydrogen-bond acceptors (Lipinski definition) is 4. The molecule has 1 fully saturated rings. The Kier molecular flexibility index (Phi) is 4.55. The van der Waals surface area contributed by atoms with Crippen LogP contribution in [0.1, 0.15) is 19.8 Å². The number of piperidine rings is 1. The number of amides is 1. The summed E-state index contributed by atoms with van der Waals surface area (Å²) in [6, 6.07) is 0.187. The van der Waals surface area contributed by atoms with Crippen LogP contribution in [0.2, 0.25) is 0 Å². The number of nitrogens with zero attached hydrogens (tertiary/aromatic N) is 1. The number of carbonyl (C=O) groups excluding carboxylic acids is 2. The van der Waals surface area contributed by atoms with Crippen molar-refractivity contribution >= 4 is 11.9 Å². The van der Waals surface area contributed by atoms with E-state index in [-0.39, 0.29) is 18.6 Å². The molecule has 0 aromatic heterocycles. The SMILES string of the molecule is CC(=O)OCC(=O)NC1CCCN(C)C1. The summed E-state index contributed by atoms with van der Waals surface area (Å²) in [5.74, 6) is -0.642. The minimum absolute atomic E-state index is 0.171. The quantitative estimate of drug-likeness (QED) is 0.659. The van der Waals surface area contributed by atoms with Crippen LogP contribution in [-0.4, -0.2) is 49.6 Å². The van der Waals surface area contributed by atoms with E-state index in [1.165, 1.54) is 6.92 Å². The van der Waals surface area contributed by atoms with E-state index in [0.29, 0.717) is 0 Å². The highest BCUT2D eigenvalue weighted by Crippen LogP contribution is 2.07. The van der Waals surface area contributed by atoms with Crippen LogP contribution in [0.5, 0.6) is 0 Å². The average molecular weight is 214 g/mol. The molecule has 1 aliphatic heterocycles. The topological polar surface area (TPSA) is 58.6 Å². The lowest BCUT2D eigenvalue weighted by atomic mass is 10.1. The van der Waals surface area contributed by atoms with Crippen molar-refractivity contribution in [3.63, 3.8) is 0 Å². The number of carbonyl (C=O) groups is 2. The normalized spacial score (nSPS) is 22.1. The Morgan fingerprint density at radius 1 is 1.53 bits per heavy atom. The molecule has 0 aliphatic carbocycles. The van der Waals surface area contributed by atoms with Crippen LogP contribution < -0.4 is 5.32 Å². The van der Waals surface area contributed by atoms with Crippen LogP contribution >= 0.6 is 0 Å². The van der Waals surface area contributed by atoms with E-state index >= 15 is 0 Å². The van der Waals surface area contributed by atoms with E-state index in [0.717, 1.165) is 25.9 Å². The Hall–Kier alpha value is -1.10. The number of esters is 1. The van der Waals surface area contributed by atoms with Gasteiger partial charge in [-0.3, -0.25) is 9.59 Å². The van der Waals surface area contributed by atoms with Gasteiger partial charge in [0.25, 0.3) is 5.91 Å². The number of likely N-dealkylation sites (tertiary alicyclic amines) is 1. The van der Waals surface area contributed by atoms with E-state index in [9.17, 15) is 9.59 Å². The molecule has 0 spiro atoms. The molecule has 1 saturated heterocycles. The summed E-state index contributed by atoms with van der Waals surface area (Å²) in [6.07, 6.45) is 2.09. The summed E-state index contributed by atoms with van der Waals surface area (Å²) in [5, 5.41) is 2.85. The third-order valence-corrected chi connectivity index (χ3v) is 2.40. The molecule has 1 N–H and O–H groups in total. The molecule has 0 bridgehead atoms. The molecule has 15 heavy (non-hydrogen) atoms. The first-order valence-electron chi connectivity index (χ1n) is 5.19. The second kappa shape index (κ2) is 5.70.